The molecular weight excluding hydrogens is 466 g/mol. The van der Waals surface area contributed by atoms with Crippen LogP contribution >= 0.6 is 34.7 Å². The van der Waals surface area contributed by atoms with E-state index < -0.39 is 23.4 Å². The van der Waals surface area contributed by atoms with Gasteiger partial charge in [0.1, 0.15) is 0 Å². The molecule has 6 nitrogen and oxygen atoms in total. The number of hydrogen-bond acceptors (Lipinski definition) is 5. The van der Waals surface area contributed by atoms with E-state index in [0.717, 1.165) is 28.5 Å². The number of hydrogen-bond donors (Lipinski definition) is 2. The highest BCUT2D eigenvalue weighted by Gasteiger charge is 2.21. The van der Waals surface area contributed by atoms with Crippen molar-refractivity contribution in [3.05, 3.63) is 104 Å². The third-order valence-corrected chi connectivity index (χ3v) is 6.98. The molecule has 0 saturated heterocycles. The zero-order valence-corrected chi connectivity index (χ0v) is 18.9. The Labute approximate surface area is 197 Å². The van der Waals surface area contributed by atoms with Crippen LogP contribution < -0.4 is 16.4 Å². The summed E-state index contributed by atoms with van der Waals surface area (Å²) in [5.74, 6) is -0.955. The van der Waals surface area contributed by atoms with Gasteiger partial charge in [-0.15, -0.1) is 0 Å². The molecule has 2 aromatic heterocycles. The van der Waals surface area contributed by atoms with Crippen molar-refractivity contribution in [1.29, 1.82) is 0 Å². The number of rotatable bonds is 7. The number of thiophene rings is 1. The molecule has 0 aliphatic rings. The van der Waals surface area contributed by atoms with Gasteiger partial charge in [0, 0.05) is 16.9 Å². The van der Waals surface area contributed by atoms with E-state index in [2.05, 4.69) is 5.10 Å². The average Bonchev–Trinajstić information content (AvgIpc) is 3.39. The highest BCUT2D eigenvalue weighted by molar-refractivity contribution is 7.99. The average molecular weight is 483 g/mol. The number of aromatic amines is 1. The van der Waals surface area contributed by atoms with Gasteiger partial charge >= 0.3 is 0 Å². The predicted molar refractivity (Wildman–Crippen MR) is 126 cm³/mol. The molecule has 32 heavy (non-hydrogen) atoms. The molecule has 9 heteroatoms. The maximum atomic E-state index is 13.3. The summed E-state index contributed by atoms with van der Waals surface area (Å²) in [6.07, 6.45) is 2.89. The quantitative estimate of drug-likeness (QED) is 0.384. The lowest BCUT2D eigenvalue weighted by atomic mass is 10.00. The smallest absolute Gasteiger partial charge is 0.277 e. The van der Waals surface area contributed by atoms with Crippen LogP contribution in [0.5, 0.6) is 5.88 Å². The first-order chi connectivity index (χ1) is 15.4. The minimum absolute atomic E-state index is 0.0549. The SMILES string of the molecule is NC(=O)/C=C/c1ccc(C(c2ccsc2)n2[nH]c(=O)c(Sc3ccccc3Cl)c2[O-])cc1. The van der Waals surface area contributed by atoms with Crippen molar-refractivity contribution in [2.75, 3.05) is 0 Å². The number of benzene rings is 2. The van der Waals surface area contributed by atoms with Gasteiger partial charge in [0.05, 0.1) is 16.0 Å². The van der Waals surface area contributed by atoms with Crippen LogP contribution in [0.3, 0.4) is 0 Å². The Hall–Kier alpha value is -3.20. The molecule has 0 saturated carbocycles. The Morgan fingerprint density at radius 2 is 1.91 bits per heavy atom. The highest BCUT2D eigenvalue weighted by Crippen LogP contribution is 2.37. The second kappa shape index (κ2) is 9.52. The van der Waals surface area contributed by atoms with E-state index in [0.29, 0.717) is 9.92 Å². The van der Waals surface area contributed by atoms with Crippen LogP contribution in [-0.2, 0) is 4.79 Å². The molecule has 0 aliphatic heterocycles. The molecule has 0 radical (unpaired) electrons. The summed E-state index contributed by atoms with van der Waals surface area (Å²) in [7, 11) is 0. The molecular formula is C23H17ClN3O3S2-. The van der Waals surface area contributed by atoms with Crippen molar-refractivity contribution in [3.8, 4) is 5.88 Å². The second-order valence-electron chi connectivity index (χ2n) is 6.84. The van der Waals surface area contributed by atoms with Gasteiger partial charge in [-0.3, -0.25) is 19.4 Å². The monoisotopic (exact) mass is 482 g/mol. The summed E-state index contributed by atoms with van der Waals surface area (Å²) in [5, 5.41) is 20.3. The van der Waals surface area contributed by atoms with E-state index >= 15 is 0 Å². The molecule has 1 unspecified atom stereocenters. The Morgan fingerprint density at radius 1 is 1.16 bits per heavy atom. The van der Waals surface area contributed by atoms with Crippen molar-refractivity contribution < 1.29 is 9.90 Å². The Balaban J connectivity index is 1.75. The van der Waals surface area contributed by atoms with Crippen molar-refractivity contribution in [2.24, 2.45) is 5.73 Å². The van der Waals surface area contributed by atoms with Crippen LogP contribution in [0.1, 0.15) is 22.7 Å². The third-order valence-electron chi connectivity index (χ3n) is 4.70. The zero-order chi connectivity index (χ0) is 22.7. The van der Waals surface area contributed by atoms with Crippen LogP contribution in [0, 0.1) is 0 Å². The molecule has 2 heterocycles. The number of carbonyl (C=O) groups excluding carboxylic acids is 1. The fourth-order valence-electron chi connectivity index (χ4n) is 3.22. The summed E-state index contributed by atoms with van der Waals surface area (Å²) < 4.78 is 1.35. The van der Waals surface area contributed by atoms with E-state index in [9.17, 15) is 14.7 Å². The van der Waals surface area contributed by atoms with E-state index in [-0.39, 0.29) is 4.90 Å². The third kappa shape index (κ3) is 4.67. The lowest BCUT2D eigenvalue weighted by Crippen LogP contribution is -2.17. The topological polar surface area (TPSA) is 104 Å². The predicted octanol–water partition coefficient (Wildman–Crippen LogP) is 4.25. The van der Waals surface area contributed by atoms with Crippen LogP contribution in [0.25, 0.3) is 6.08 Å². The van der Waals surface area contributed by atoms with Crippen molar-refractivity contribution in [3.63, 3.8) is 0 Å². The van der Waals surface area contributed by atoms with E-state index in [1.165, 1.54) is 22.1 Å². The number of amides is 1. The molecule has 0 fully saturated rings. The zero-order valence-electron chi connectivity index (χ0n) is 16.5. The number of halogens is 1. The fourth-order valence-corrected chi connectivity index (χ4v) is 5.00. The summed E-state index contributed by atoms with van der Waals surface area (Å²) in [6.45, 7) is 0. The van der Waals surface area contributed by atoms with Gasteiger partial charge in [0.25, 0.3) is 5.56 Å². The lowest BCUT2D eigenvalue weighted by Gasteiger charge is -2.23. The van der Waals surface area contributed by atoms with Gasteiger partial charge in [-0.2, -0.15) is 11.3 Å². The maximum absolute atomic E-state index is 13.3. The Morgan fingerprint density at radius 3 is 2.56 bits per heavy atom. The first-order valence-corrected chi connectivity index (χ1v) is 11.6. The summed E-state index contributed by atoms with van der Waals surface area (Å²) in [5.41, 5.74) is 7.14. The number of primary amides is 1. The molecule has 0 bridgehead atoms. The molecule has 162 valence electrons. The highest BCUT2D eigenvalue weighted by atomic mass is 35.5. The van der Waals surface area contributed by atoms with Crippen molar-refractivity contribution in [1.82, 2.24) is 9.78 Å². The summed E-state index contributed by atoms with van der Waals surface area (Å²) >= 11 is 8.76. The number of nitrogens with two attached hydrogens (primary N) is 1. The second-order valence-corrected chi connectivity index (χ2v) is 9.08. The fraction of sp³-hybridized carbons (Fsp3) is 0.0435. The van der Waals surface area contributed by atoms with Crippen molar-refractivity contribution in [2.45, 2.75) is 15.8 Å². The van der Waals surface area contributed by atoms with E-state index in [1.807, 2.05) is 41.1 Å². The molecule has 4 rings (SSSR count). The Bertz CT molecular complexity index is 1330. The molecule has 4 aromatic rings. The van der Waals surface area contributed by atoms with E-state index in [4.69, 9.17) is 17.3 Å². The number of nitrogens with one attached hydrogen (secondary N) is 1. The normalized spacial score (nSPS) is 12.3. The van der Waals surface area contributed by atoms with Gasteiger partial charge in [-0.25, -0.2) is 0 Å². The van der Waals surface area contributed by atoms with Gasteiger partial charge in [0.15, 0.2) is 0 Å². The largest absolute Gasteiger partial charge is 0.858 e. The number of nitrogens with zero attached hydrogens (tertiary/aromatic N) is 1. The van der Waals surface area contributed by atoms with Gasteiger partial charge in [-0.1, -0.05) is 59.8 Å². The molecule has 1 atom stereocenters. The van der Waals surface area contributed by atoms with Crippen LogP contribution in [-0.4, -0.2) is 15.7 Å². The van der Waals surface area contributed by atoms with Crippen molar-refractivity contribution >= 4 is 46.7 Å². The molecule has 0 spiro atoms. The van der Waals surface area contributed by atoms with Crippen LogP contribution in [0.2, 0.25) is 5.02 Å². The summed E-state index contributed by atoms with van der Waals surface area (Å²) in [6, 6.07) is 15.8. The minimum atomic E-state index is -0.533. The van der Waals surface area contributed by atoms with Crippen LogP contribution in [0.15, 0.2) is 86.0 Å². The minimum Gasteiger partial charge on any atom is -0.858 e. The van der Waals surface area contributed by atoms with Gasteiger partial charge < -0.3 is 10.8 Å². The number of aromatic nitrogens is 2. The standard InChI is InChI=1S/C23H18ClN3O3S2/c24-17-3-1-2-4-18(17)32-21-22(29)26-27(23(21)30)20(16-11-12-31-13-16)15-8-5-14(6-9-15)7-10-19(25)28/h1-13,20,30H,(H2,25,28)(H,26,29)/p-1/b10-7+. The van der Waals surface area contributed by atoms with E-state index in [1.54, 1.807) is 30.3 Å². The van der Waals surface area contributed by atoms with Gasteiger partial charge in [0.2, 0.25) is 5.91 Å². The first-order valence-electron chi connectivity index (χ1n) is 9.47. The van der Waals surface area contributed by atoms with Gasteiger partial charge in [-0.05, 0) is 51.7 Å². The first kappa shape index (κ1) is 22.0. The molecule has 0 aliphatic carbocycles. The molecule has 3 N–H and O–H groups in total. The molecule has 2 aromatic carbocycles. The van der Waals surface area contributed by atoms with Crippen LogP contribution in [0.4, 0.5) is 0 Å². The molecule has 1 amide bonds. The number of carbonyl (C=O) groups is 1. The number of H-pyrrole nitrogens is 1. The summed E-state index contributed by atoms with van der Waals surface area (Å²) in [4.78, 5) is 24.3. The Kier molecular flexibility index (Phi) is 6.55. The maximum Gasteiger partial charge on any atom is 0.277 e. The lowest BCUT2D eigenvalue weighted by molar-refractivity contribution is -0.284.